The van der Waals surface area contributed by atoms with Crippen LogP contribution in [0, 0.1) is 0 Å². The second-order valence-electron chi connectivity index (χ2n) is 4.77. The van der Waals surface area contributed by atoms with E-state index in [9.17, 15) is 4.79 Å². The van der Waals surface area contributed by atoms with E-state index >= 15 is 0 Å². The van der Waals surface area contributed by atoms with Crippen molar-refractivity contribution >= 4 is 6.09 Å². The Balaban J connectivity index is 1.65. The fraction of sp³-hybridized carbons (Fsp3) is 0.917. The van der Waals surface area contributed by atoms with Crippen LogP contribution in [0.3, 0.4) is 0 Å². The molecule has 1 atom stereocenters. The zero-order valence-corrected chi connectivity index (χ0v) is 9.91. The first-order chi connectivity index (χ1) is 7.86. The smallest absolute Gasteiger partial charge is 0.409 e. The lowest BCUT2D eigenvalue weighted by Gasteiger charge is -2.28. The maximum atomic E-state index is 11.7. The van der Waals surface area contributed by atoms with Crippen LogP contribution in [-0.2, 0) is 4.74 Å². The van der Waals surface area contributed by atoms with Gasteiger partial charge in [-0.15, -0.1) is 0 Å². The summed E-state index contributed by atoms with van der Waals surface area (Å²) in [4.78, 5) is 13.6. The number of piperidine rings is 2. The Labute approximate surface area is 97.3 Å². The van der Waals surface area contributed by atoms with Crippen molar-refractivity contribution in [3.05, 3.63) is 0 Å². The Kier molecular flexibility index (Phi) is 4.45. The SMILES string of the molecule is O=C(OC[C@H]1CCCCN1)N1CCCCC1. The van der Waals surface area contributed by atoms with Gasteiger partial charge in [0.15, 0.2) is 0 Å². The average molecular weight is 226 g/mol. The van der Waals surface area contributed by atoms with E-state index in [1.165, 1.54) is 19.3 Å². The lowest BCUT2D eigenvalue weighted by atomic mass is 10.1. The molecule has 0 radical (unpaired) electrons. The van der Waals surface area contributed by atoms with Crippen LogP contribution in [0.15, 0.2) is 0 Å². The number of likely N-dealkylation sites (tertiary alicyclic amines) is 1. The van der Waals surface area contributed by atoms with Crippen molar-refractivity contribution in [1.82, 2.24) is 10.2 Å². The van der Waals surface area contributed by atoms with Gasteiger partial charge in [0.05, 0.1) is 0 Å². The Morgan fingerprint density at radius 1 is 1.19 bits per heavy atom. The molecule has 92 valence electrons. The number of ether oxygens (including phenoxy) is 1. The Morgan fingerprint density at radius 2 is 2.00 bits per heavy atom. The second kappa shape index (κ2) is 6.09. The van der Waals surface area contributed by atoms with Gasteiger partial charge in [0, 0.05) is 19.1 Å². The van der Waals surface area contributed by atoms with Crippen LogP contribution in [0.1, 0.15) is 38.5 Å². The number of hydrogen-bond donors (Lipinski definition) is 1. The van der Waals surface area contributed by atoms with E-state index in [0.29, 0.717) is 12.6 Å². The average Bonchev–Trinajstić information content (AvgIpc) is 2.38. The van der Waals surface area contributed by atoms with Crippen molar-refractivity contribution in [2.75, 3.05) is 26.2 Å². The van der Waals surface area contributed by atoms with Gasteiger partial charge in [0.1, 0.15) is 6.61 Å². The molecular weight excluding hydrogens is 204 g/mol. The van der Waals surface area contributed by atoms with Gasteiger partial charge in [0.25, 0.3) is 0 Å². The number of amides is 1. The highest BCUT2D eigenvalue weighted by Crippen LogP contribution is 2.11. The highest BCUT2D eigenvalue weighted by atomic mass is 16.6. The predicted octanol–water partition coefficient (Wildman–Crippen LogP) is 1.75. The molecule has 0 saturated carbocycles. The van der Waals surface area contributed by atoms with Gasteiger partial charge in [-0.25, -0.2) is 4.79 Å². The Morgan fingerprint density at radius 3 is 2.69 bits per heavy atom. The number of hydrogen-bond acceptors (Lipinski definition) is 3. The van der Waals surface area contributed by atoms with Crippen molar-refractivity contribution in [3.63, 3.8) is 0 Å². The number of nitrogens with one attached hydrogen (secondary N) is 1. The first-order valence-corrected chi connectivity index (χ1v) is 6.51. The molecule has 2 saturated heterocycles. The quantitative estimate of drug-likeness (QED) is 0.780. The van der Waals surface area contributed by atoms with Crippen LogP contribution in [0.5, 0.6) is 0 Å². The summed E-state index contributed by atoms with van der Waals surface area (Å²) in [6, 6.07) is 0.377. The first kappa shape index (κ1) is 11.7. The normalized spacial score (nSPS) is 26.5. The first-order valence-electron chi connectivity index (χ1n) is 6.51. The van der Waals surface area contributed by atoms with E-state index in [1.54, 1.807) is 0 Å². The molecule has 4 heteroatoms. The molecule has 0 unspecified atom stereocenters. The summed E-state index contributed by atoms with van der Waals surface area (Å²) in [5.74, 6) is 0. The molecule has 2 heterocycles. The van der Waals surface area contributed by atoms with Crippen LogP contribution in [0.4, 0.5) is 4.79 Å². The molecule has 0 aromatic rings. The highest BCUT2D eigenvalue weighted by molar-refractivity contribution is 5.67. The minimum Gasteiger partial charge on any atom is -0.448 e. The summed E-state index contributed by atoms with van der Waals surface area (Å²) in [6.45, 7) is 3.34. The number of nitrogens with zero attached hydrogens (tertiary/aromatic N) is 1. The van der Waals surface area contributed by atoms with Crippen LogP contribution in [0.25, 0.3) is 0 Å². The summed E-state index contributed by atoms with van der Waals surface area (Å²) in [6.07, 6.45) is 7.00. The minimum atomic E-state index is -0.118. The molecule has 0 aromatic heterocycles. The van der Waals surface area contributed by atoms with E-state index in [0.717, 1.165) is 38.9 Å². The van der Waals surface area contributed by atoms with Crippen LogP contribution < -0.4 is 5.32 Å². The summed E-state index contributed by atoms with van der Waals surface area (Å²) in [5.41, 5.74) is 0. The van der Waals surface area contributed by atoms with Gasteiger partial charge < -0.3 is 15.0 Å². The summed E-state index contributed by atoms with van der Waals surface area (Å²) < 4.78 is 5.35. The third-order valence-corrected chi connectivity index (χ3v) is 3.43. The molecule has 2 rings (SSSR count). The van der Waals surface area contributed by atoms with Crippen molar-refractivity contribution in [2.45, 2.75) is 44.6 Å². The fourth-order valence-electron chi connectivity index (χ4n) is 2.41. The monoisotopic (exact) mass is 226 g/mol. The maximum absolute atomic E-state index is 11.7. The van der Waals surface area contributed by atoms with Crippen molar-refractivity contribution < 1.29 is 9.53 Å². The van der Waals surface area contributed by atoms with E-state index in [1.807, 2.05) is 4.90 Å². The number of carbonyl (C=O) groups excluding carboxylic acids is 1. The van der Waals surface area contributed by atoms with Crippen molar-refractivity contribution in [2.24, 2.45) is 0 Å². The van der Waals surface area contributed by atoms with Crippen molar-refractivity contribution in [3.8, 4) is 0 Å². The Hall–Kier alpha value is -0.770. The minimum absolute atomic E-state index is 0.118. The summed E-state index contributed by atoms with van der Waals surface area (Å²) in [7, 11) is 0. The highest BCUT2D eigenvalue weighted by Gasteiger charge is 2.20. The van der Waals surface area contributed by atoms with Gasteiger partial charge in [0.2, 0.25) is 0 Å². The standard InChI is InChI=1S/C12H22N2O2/c15-12(14-8-4-1-5-9-14)16-10-11-6-2-3-7-13-11/h11,13H,1-10H2/t11-/m1/s1. The van der Waals surface area contributed by atoms with Gasteiger partial charge >= 0.3 is 6.09 Å². The molecule has 0 aliphatic carbocycles. The third-order valence-electron chi connectivity index (χ3n) is 3.43. The molecule has 1 amide bonds. The van der Waals surface area contributed by atoms with Crippen LogP contribution in [-0.4, -0.2) is 43.3 Å². The molecular formula is C12H22N2O2. The van der Waals surface area contributed by atoms with Gasteiger partial charge in [-0.1, -0.05) is 6.42 Å². The Bertz CT molecular complexity index is 221. The van der Waals surface area contributed by atoms with E-state index in [4.69, 9.17) is 4.74 Å². The third kappa shape index (κ3) is 3.37. The maximum Gasteiger partial charge on any atom is 0.409 e. The van der Waals surface area contributed by atoms with Gasteiger partial charge in [-0.05, 0) is 38.6 Å². The molecule has 0 bridgehead atoms. The van der Waals surface area contributed by atoms with Gasteiger partial charge in [-0.3, -0.25) is 0 Å². The lowest BCUT2D eigenvalue weighted by molar-refractivity contribution is 0.0833. The molecule has 0 aromatic carbocycles. The summed E-state index contributed by atoms with van der Waals surface area (Å²) in [5, 5.41) is 3.38. The zero-order chi connectivity index (χ0) is 11.2. The zero-order valence-electron chi connectivity index (χ0n) is 9.91. The molecule has 0 spiro atoms. The van der Waals surface area contributed by atoms with Crippen molar-refractivity contribution in [1.29, 1.82) is 0 Å². The molecule has 4 nitrogen and oxygen atoms in total. The van der Waals surface area contributed by atoms with Crippen LogP contribution in [0.2, 0.25) is 0 Å². The van der Waals surface area contributed by atoms with Gasteiger partial charge in [-0.2, -0.15) is 0 Å². The second-order valence-corrected chi connectivity index (χ2v) is 4.77. The number of rotatable bonds is 2. The topological polar surface area (TPSA) is 41.6 Å². The van der Waals surface area contributed by atoms with Crippen LogP contribution >= 0.6 is 0 Å². The van der Waals surface area contributed by atoms with E-state index in [2.05, 4.69) is 5.32 Å². The lowest BCUT2D eigenvalue weighted by Crippen LogP contribution is -2.41. The molecule has 2 aliphatic heterocycles. The summed E-state index contributed by atoms with van der Waals surface area (Å²) >= 11 is 0. The fourth-order valence-corrected chi connectivity index (χ4v) is 2.41. The van der Waals surface area contributed by atoms with E-state index in [-0.39, 0.29) is 6.09 Å². The largest absolute Gasteiger partial charge is 0.448 e. The predicted molar refractivity (Wildman–Crippen MR) is 62.4 cm³/mol. The molecule has 16 heavy (non-hydrogen) atoms. The molecule has 2 fully saturated rings. The number of carbonyl (C=O) groups is 1. The molecule has 2 aliphatic rings. The molecule has 1 N–H and O–H groups in total. The van der Waals surface area contributed by atoms with E-state index < -0.39 is 0 Å².